The molecular weight excluding hydrogens is 285 g/mol. The van der Waals surface area contributed by atoms with Gasteiger partial charge in [0.05, 0.1) is 19.3 Å². The predicted octanol–water partition coefficient (Wildman–Crippen LogP) is 1.40. The summed E-state index contributed by atoms with van der Waals surface area (Å²) < 4.78 is 43.3. The lowest BCUT2D eigenvalue weighted by molar-refractivity contribution is -0.203. The van der Waals surface area contributed by atoms with E-state index in [1.165, 1.54) is 0 Å². The van der Waals surface area contributed by atoms with E-state index in [2.05, 4.69) is 4.90 Å². The molecule has 0 aromatic heterocycles. The van der Waals surface area contributed by atoms with E-state index in [1.807, 2.05) is 0 Å². The van der Waals surface area contributed by atoms with Crippen LogP contribution in [0.4, 0.5) is 13.2 Å². The molecule has 0 radical (unpaired) electrons. The summed E-state index contributed by atoms with van der Waals surface area (Å²) in [5.74, 6) is -1.63. The van der Waals surface area contributed by atoms with Gasteiger partial charge >= 0.3 is 12.1 Å². The molecule has 4 fully saturated rings. The molecule has 0 aromatic carbocycles. The molecule has 7 heteroatoms. The van der Waals surface area contributed by atoms with E-state index in [-0.39, 0.29) is 17.5 Å². The number of ether oxygens (including phenoxy) is 1. The summed E-state index contributed by atoms with van der Waals surface area (Å²) in [5, 5.41) is 0. The van der Waals surface area contributed by atoms with Gasteiger partial charge in [-0.25, -0.2) is 0 Å². The van der Waals surface area contributed by atoms with Crippen LogP contribution in [0, 0.1) is 5.41 Å². The van der Waals surface area contributed by atoms with E-state index < -0.39 is 12.1 Å². The van der Waals surface area contributed by atoms with Crippen LogP contribution in [0.5, 0.6) is 0 Å². The molecule has 0 unspecified atom stereocenters. The van der Waals surface area contributed by atoms with Gasteiger partial charge in [-0.15, -0.1) is 0 Å². The van der Waals surface area contributed by atoms with Crippen LogP contribution >= 0.6 is 0 Å². The van der Waals surface area contributed by atoms with E-state index in [1.54, 1.807) is 0 Å². The summed E-state index contributed by atoms with van der Waals surface area (Å²) in [4.78, 5) is 15.1. The standard InChI is InChI=1S/C14H19F3N2O2/c15-14(16,17)12(20)19(9-1-2-9)10-3-13(4-10)7-18(8-13)11-5-21-6-11/h9-11H,1-8H2. The van der Waals surface area contributed by atoms with Crippen molar-refractivity contribution in [3.63, 3.8) is 0 Å². The van der Waals surface area contributed by atoms with Crippen LogP contribution < -0.4 is 0 Å². The topological polar surface area (TPSA) is 32.8 Å². The molecule has 4 rings (SSSR count). The molecule has 2 aliphatic heterocycles. The van der Waals surface area contributed by atoms with Crippen molar-refractivity contribution in [1.29, 1.82) is 0 Å². The molecule has 1 spiro atoms. The van der Waals surface area contributed by atoms with Crippen molar-refractivity contribution < 1.29 is 22.7 Å². The van der Waals surface area contributed by atoms with Crippen molar-refractivity contribution in [1.82, 2.24) is 9.80 Å². The van der Waals surface area contributed by atoms with Crippen LogP contribution in [0.25, 0.3) is 0 Å². The number of hydrogen-bond acceptors (Lipinski definition) is 3. The number of nitrogens with zero attached hydrogens (tertiary/aromatic N) is 2. The number of likely N-dealkylation sites (tertiary alicyclic amines) is 1. The minimum atomic E-state index is -4.74. The van der Waals surface area contributed by atoms with E-state index in [0.717, 1.165) is 56.9 Å². The van der Waals surface area contributed by atoms with Crippen LogP contribution in [-0.4, -0.2) is 66.3 Å². The minimum Gasteiger partial charge on any atom is -0.378 e. The zero-order valence-electron chi connectivity index (χ0n) is 11.7. The van der Waals surface area contributed by atoms with Crippen molar-refractivity contribution in [3.8, 4) is 0 Å². The summed E-state index contributed by atoms with van der Waals surface area (Å²) in [6, 6.07) is 0.134. The van der Waals surface area contributed by atoms with Gasteiger partial charge in [0.25, 0.3) is 0 Å². The second kappa shape index (κ2) is 4.35. The molecule has 0 aromatic rings. The zero-order chi connectivity index (χ0) is 14.8. The van der Waals surface area contributed by atoms with Gasteiger partial charge in [0.2, 0.25) is 0 Å². The van der Waals surface area contributed by atoms with Crippen molar-refractivity contribution in [2.24, 2.45) is 5.41 Å². The summed E-state index contributed by atoms with van der Waals surface area (Å²) in [6.07, 6.45) is -1.83. The second-order valence-electron chi connectivity index (χ2n) is 7.10. The Labute approximate surface area is 121 Å². The third kappa shape index (κ3) is 2.25. The summed E-state index contributed by atoms with van der Waals surface area (Å²) in [7, 11) is 0. The Bertz CT molecular complexity index is 446. The number of halogens is 3. The van der Waals surface area contributed by atoms with Gasteiger partial charge in [-0.1, -0.05) is 0 Å². The average Bonchev–Trinajstić information content (AvgIpc) is 3.02. The Balaban J connectivity index is 1.34. The van der Waals surface area contributed by atoms with Gasteiger partial charge < -0.3 is 9.64 Å². The molecule has 2 heterocycles. The van der Waals surface area contributed by atoms with Crippen molar-refractivity contribution in [3.05, 3.63) is 0 Å². The number of amides is 1. The molecule has 21 heavy (non-hydrogen) atoms. The molecule has 2 aliphatic carbocycles. The Morgan fingerprint density at radius 2 is 1.76 bits per heavy atom. The molecule has 2 saturated heterocycles. The number of alkyl halides is 3. The first-order chi connectivity index (χ1) is 9.88. The lowest BCUT2D eigenvalue weighted by atomic mass is 9.59. The molecule has 0 N–H and O–H groups in total. The predicted molar refractivity (Wildman–Crippen MR) is 67.6 cm³/mol. The zero-order valence-corrected chi connectivity index (χ0v) is 11.7. The first kappa shape index (κ1) is 13.8. The van der Waals surface area contributed by atoms with Gasteiger partial charge in [-0.2, -0.15) is 13.2 Å². The van der Waals surface area contributed by atoms with Crippen molar-refractivity contribution in [2.45, 2.75) is 50.0 Å². The van der Waals surface area contributed by atoms with Gasteiger partial charge in [0, 0.05) is 25.2 Å². The maximum absolute atomic E-state index is 12.7. The highest BCUT2D eigenvalue weighted by Crippen LogP contribution is 2.53. The summed E-state index contributed by atoms with van der Waals surface area (Å²) >= 11 is 0. The Kier molecular flexibility index (Phi) is 2.86. The van der Waals surface area contributed by atoms with Crippen molar-refractivity contribution in [2.75, 3.05) is 26.3 Å². The number of carbonyl (C=O) groups is 1. The maximum Gasteiger partial charge on any atom is 0.471 e. The van der Waals surface area contributed by atoms with Crippen LogP contribution in [0.2, 0.25) is 0 Å². The molecular formula is C14H19F3N2O2. The molecule has 4 aliphatic rings. The number of hydrogen-bond donors (Lipinski definition) is 0. The van der Waals surface area contributed by atoms with Crippen LogP contribution in [0.15, 0.2) is 0 Å². The third-order valence-corrected chi connectivity index (χ3v) is 5.36. The minimum absolute atomic E-state index is 0.166. The van der Waals surface area contributed by atoms with E-state index in [9.17, 15) is 18.0 Å². The lowest BCUT2D eigenvalue weighted by Gasteiger charge is -2.63. The summed E-state index contributed by atoms with van der Waals surface area (Å²) in [5.41, 5.74) is 0.166. The van der Waals surface area contributed by atoms with Gasteiger partial charge in [0.15, 0.2) is 0 Å². The fourth-order valence-electron chi connectivity index (χ4n) is 4.03. The highest BCUT2D eigenvalue weighted by molar-refractivity contribution is 5.83. The Morgan fingerprint density at radius 3 is 2.19 bits per heavy atom. The van der Waals surface area contributed by atoms with Gasteiger partial charge in [-0.3, -0.25) is 9.69 Å². The summed E-state index contributed by atoms with van der Waals surface area (Å²) in [6.45, 7) is 3.47. The molecule has 1 amide bonds. The second-order valence-corrected chi connectivity index (χ2v) is 7.10. The molecule has 4 nitrogen and oxygen atoms in total. The average molecular weight is 304 g/mol. The quantitative estimate of drug-likeness (QED) is 0.790. The SMILES string of the molecule is O=C(N(C1CC1)C1CC2(C1)CN(C1COC1)C2)C(F)(F)F. The Hall–Kier alpha value is -0.820. The smallest absolute Gasteiger partial charge is 0.378 e. The largest absolute Gasteiger partial charge is 0.471 e. The van der Waals surface area contributed by atoms with Crippen LogP contribution in [0.1, 0.15) is 25.7 Å². The normalized spacial score (nSPS) is 29.7. The highest BCUT2D eigenvalue weighted by Gasteiger charge is 2.59. The fourth-order valence-corrected chi connectivity index (χ4v) is 4.03. The molecule has 118 valence electrons. The maximum atomic E-state index is 12.7. The molecule has 2 saturated carbocycles. The van der Waals surface area contributed by atoms with Gasteiger partial charge in [-0.05, 0) is 31.1 Å². The van der Waals surface area contributed by atoms with Crippen LogP contribution in [0.3, 0.4) is 0 Å². The third-order valence-electron chi connectivity index (χ3n) is 5.36. The first-order valence-corrected chi connectivity index (χ1v) is 7.59. The first-order valence-electron chi connectivity index (χ1n) is 7.59. The monoisotopic (exact) mass is 304 g/mol. The van der Waals surface area contributed by atoms with E-state index in [0.29, 0.717) is 6.04 Å². The number of carbonyl (C=O) groups excluding carboxylic acids is 1. The fraction of sp³-hybridized carbons (Fsp3) is 0.929. The van der Waals surface area contributed by atoms with E-state index >= 15 is 0 Å². The van der Waals surface area contributed by atoms with Crippen molar-refractivity contribution >= 4 is 5.91 Å². The highest BCUT2D eigenvalue weighted by atomic mass is 19.4. The lowest BCUT2D eigenvalue weighted by Crippen LogP contribution is -2.71. The van der Waals surface area contributed by atoms with Gasteiger partial charge in [0.1, 0.15) is 0 Å². The number of rotatable bonds is 3. The molecule has 0 atom stereocenters. The molecule has 0 bridgehead atoms. The Morgan fingerprint density at radius 1 is 1.14 bits per heavy atom. The van der Waals surface area contributed by atoms with Crippen LogP contribution in [-0.2, 0) is 9.53 Å². The van der Waals surface area contributed by atoms with E-state index in [4.69, 9.17) is 4.74 Å².